The molecule has 88 valence electrons. The summed E-state index contributed by atoms with van der Waals surface area (Å²) in [5, 5.41) is 5.65. The lowest BCUT2D eigenvalue weighted by atomic mass is 10.2. The molecule has 0 bridgehead atoms. The van der Waals surface area contributed by atoms with Crippen LogP contribution in [0.15, 0.2) is 22.7 Å². The summed E-state index contributed by atoms with van der Waals surface area (Å²) in [6.45, 7) is 1.23. The minimum absolute atomic E-state index is 0.00721. The van der Waals surface area contributed by atoms with E-state index in [1.807, 2.05) is 0 Å². The van der Waals surface area contributed by atoms with Gasteiger partial charge in [-0.25, -0.2) is 4.39 Å². The molecule has 0 aliphatic rings. The van der Waals surface area contributed by atoms with Gasteiger partial charge in [0, 0.05) is 26.6 Å². The predicted molar refractivity (Wildman–Crippen MR) is 64.5 cm³/mol. The Balaban J connectivity index is 2.32. The highest BCUT2D eigenvalue weighted by molar-refractivity contribution is 9.10. The van der Waals surface area contributed by atoms with Crippen LogP contribution in [0.3, 0.4) is 0 Å². The Morgan fingerprint density at radius 1 is 1.50 bits per heavy atom. The van der Waals surface area contributed by atoms with E-state index in [1.165, 1.54) is 6.07 Å². The van der Waals surface area contributed by atoms with E-state index in [4.69, 9.17) is 0 Å². The molecule has 1 rings (SSSR count). The Morgan fingerprint density at radius 3 is 2.88 bits per heavy atom. The molecule has 1 aromatic rings. The Hall–Kier alpha value is -0.940. The van der Waals surface area contributed by atoms with E-state index >= 15 is 0 Å². The van der Waals surface area contributed by atoms with Gasteiger partial charge in [0.1, 0.15) is 5.82 Å². The van der Waals surface area contributed by atoms with Gasteiger partial charge in [-0.05, 0) is 33.6 Å². The molecule has 0 heterocycles. The average Bonchev–Trinajstić information content (AvgIpc) is 2.28. The van der Waals surface area contributed by atoms with Gasteiger partial charge in [0.15, 0.2) is 0 Å². The summed E-state index contributed by atoms with van der Waals surface area (Å²) < 4.78 is 13.4. The zero-order chi connectivity index (χ0) is 12.0. The second-order valence-corrected chi connectivity index (χ2v) is 4.20. The Kier molecular flexibility index (Phi) is 5.42. The second kappa shape index (κ2) is 6.60. The van der Waals surface area contributed by atoms with Gasteiger partial charge in [-0.15, -0.1) is 0 Å². The first-order valence-electron chi connectivity index (χ1n) is 4.98. The molecule has 0 saturated heterocycles. The van der Waals surface area contributed by atoms with Crippen LogP contribution in [-0.4, -0.2) is 19.5 Å². The Bertz CT molecular complexity index is 371. The highest BCUT2D eigenvalue weighted by Crippen LogP contribution is 2.16. The summed E-state index contributed by atoms with van der Waals surface area (Å²) in [5.74, 6) is -0.262. The van der Waals surface area contributed by atoms with Gasteiger partial charge in [0.25, 0.3) is 0 Å². The van der Waals surface area contributed by atoms with Crippen LogP contribution in [0.25, 0.3) is 0 Å². The predicted octanol–water partition coefficient (Wildman–Crippen LogP) is 1.81. The summed E-state index contributed by atoms with van der Waals surface area (Å²) in [5.41, 5.74) is 0.977. The van der Waals surface area contributed by atoms with Gasteiger partial charge in [0.05, 0.1) is 4.47 Å². The number of carbonyl (C=O) groups is 1. The van der Waals surface area contributed by atoms with Crippen LogP contribution < -0.4 is 10.6 Å². The summed E-state index contributed by atoms with van der Waals surface area (Å²) in [6, 6.07) is 4.86. The van der Waals surface area contributed by atoms with Crippen molar-refractivity contribution in [2.75, 3.05) is 13.6 Å². The molecule has 2 N–H and O–H groups in total. The topological polar surface area (TPSA) is 41.1 Å². The zero-order valence-corrected chi connectivity index (χ0v) is 10.6. The molecule has 3 nitrogen and oxygen atoms in total. The van der Waals surface area contributed by atoms with E-state index in [1.54, 1.807) is 19.2 Å². The largest absolute Gasteiger partial charge is 0.359 e. The summed E-state index contributed by atoms with van der Waals surface area (Å²) in [4.78, 5) is 10.9. The number of carbonyl (C=O) groups excluding carboxylic acids is 1. The van der Waals surface area contributed by atoms with Crippen molar-refractivity contribution in [3.05, 3.63) is 34.1 Å². The summed E-state index contributed by atoms with van der Waals surface area (Å²) >= 11 is 3.12. The van der Waals surface area contributed by atoms with Crippen LogP contribution in [0.4, 0.5) is 4.39 Å². The third kappa shape index (κ3) is 4.28. The number of hydrogen-bond acceptors (Lipinski definition) is 2. The second-order valence-electron chi connectivity index (χ2n) is 3.35. The van der Waals surface area contributed by atoms with Crippen LogP contribution in [-0.2, 0) is 11.3 Å². The molecular formula is C11H14BrFN2O. The number of halogens is 2. The van der Waals surface area contributed by atoms with E-state index in [0.29, 0.717) is 24.0 Å². The minimum Gasteiger partial charge on any atom is -0.359 e. The molecule has 0 fully saturated rings. The van der Waals surface area contributed by atoms with Gasteiger partial charge >= 0.3 is 0 Å². The fraction of sp³-hybridized carbons (Fsp3) is 0.364. The lowest BCUT2D eigenvalue weighted by Crippen LogP contribution is -2.24. The number of nitrogens with one attached hydrogen (secondary N) is 2. The van der Waals surface area contributed by atoms with Gasteiger partial charge in [0.2, 0.25) is 5.91 Å². The van der Waals surface area contributed by atoms with Gasteiger partial charge in [-0.1, -0.05) is 6.07 Å². The van der Waals surface area contributed by atoms with Crippen LogP contribution in [0, 0.1) is 5.82 Å². The maximum absolute atomic E-state index is 12.9. The number of amides is 1. The molecule has 0 radical (unpaired) electrons. The molecule has 1 aromatic carbocycles. The van der Waals surface area contributed by atoms with E-state index in [-0.39, 0.29) is 11.7 Å². The highest BCUT2D eigenvalue weighted by atomic mass is 79.9. The first kappa shape index (κ1) is 13.1. The molecule has 0 atom stereocenters. The van der Waals surface area contributed by atoms with Crippen molar-refractivity contribution in [1.82, 2.24) is 10.6 Å². The first-order chi connectivity index (χ1) is 7.63. The highest BCUT2D eigenvalue weighted by Gasteiger charge is 2.01. The zero-order valence-electron chi connectivity index (χ0n) is 9.02. The molecule has 0 aliphatic heterocycles. The van der Waals surface area contributed by atoms with E-state index < -0.39 is 0 Å². The fourth-order valence-corrected chi connectivity index (χ4v) is 1.64. The lowest BCUT2D eigenvalue weighted by Gasteiger charge is -2.05. The molecule has 0 aliphatic carbocycles. The van der Waals surface area contributed by atoms with Crippen molar-refractivity contribution in [2.45, 2.75) is 13.0 Å². The fourth-order valence-electron chi connectivity index (χ4n) is 1.21. The van der Waals surface area contributed by atoms with E-state index in [0.717, 1.165) is 5.56 Å². The van der Waals surface area contributed by atoms with Crippen molar-refractivity contribution in [1.29, 1.82) is 0 Å². The summed E-state index contributed by atoms with van der Waals surface area (Å²) in [6.07, 6.45) is 0.443. The SMILES string of the molecule is CNC(=O)CCNCc1ccc(F)c(Br)c1. The normalized spacial score (nSPS) is 10.2. The minimum atomic E-state index is -0.269. The first-order valence-corrected chi connectivity index (χ1v) is 5.78. The molecule has 1 amide bonds. The molecule has 0 saturated carbocycles. The average molecular weight is 289 g/mol. The summed E-state index contributed by atoms with van der Waals surface area (Å²) in [7, 11) is 1.61. The van der Waals surface area contributed by atoms with Gasteiger partial charge in [-0.3, -0.25) is 4.79 Å². The molecular weight excluding hydrogens is 275 g/mol. The van der Waals surface area contributed by atoms with Gasteiger partial charge < -0.3 is 10.6 Å². The standard InChI is InChI=1S/C11H14BrFN2O/c1-14-11(16)4-5-15-7-8-2-3-10(13)9(12)6-8/h2-3,6,15H,4-5,7H2,1H3,(H,14,16). The van der Waals surface area contributed by atoms with E-state index in [9.17, 15) is 9.18 Å². The maximum Gasteiger partial charge on any atom is 0.221 e. The third-order valence-electron chi connectivity index (χ3n) is 2.12. The van der Waals surface area contributed by atoms with Crippen LogP contribution in [0.2, 0.25) is 0 Å². The van der Waals surface area contributed by atoms with Crippen molar-refractivity contribution < 1.29 is 9.18 Å². The number of rotatable bonds is 5. The molecule has 16 heavy (non-hydrogen) atoms. The third-order valence-corrected chi connectivity index (χ3v) is 2.73. The van der Waals surface area contributed by atoms with Gasteiger partial charge in [-0.2, -0.15) is 0 Å². The molecule has 0 spiro atoms. The van der Waals surface area contributed by atoms with Crippen molar-refractivity contribution in [3.8, 4) is 0 Å². The van der Waals surface area contributed by atoms with Crippen molar-refractivity contribution in [2.24, 2.45) is 0 Å². The van der Waals surface area contributed by atoms with Crippen LogP contribution in [0.1, 0.15) is 12.0 Å². The monoisotopic (exact) mass is 288 g/mol. The smallest absolute Gasteiger partial charge is 0.221 e. The van der Waals surface area contributed by atoms with Crippen LogP contribution >= 0.6 is 15.9 Å². The van der Waals surface area contributed by atoms with Crippen molar-refractivity contribution in [3.63, 3.8) is 0 Å². The molecule has 0 aromatic heterocycles. The quantitative estimate of drug-likeness (QED) is 0.812. The molecule has 5 heteroatoms. The molecule has 0 unspecified atom stereocenters. The number of hydrogen-bond donors (Lipinski definition) is 2. The van der Waals surface area contributed by atoms with Crippen molar-refractivity contribution >= 4 is 21.8 Å². The number of benzene rings is 1. The van der Waals surface area contributed by atoms with Crippen LogP contribution in [0.5, 0.6) is 0 Å². The Morgan fingerprint density at radius 2 is 2.25 bits per heavy atom. The maximum atomic E-state index is 12.9. The Labute approximate surface area is 103 Å². The van der Waals surface area contributed by atoms with E-state index in [2.05, 4.69) is 26.6 Å². The lowest BCUT2D eigenvalue weighted by molar-refractivity contribution is -0.120.